The molecular weight excluding hydrogens is 200 g/mol. The fourth-order valence-electron chi connectivity index (χ4n) is 1.91. The van der Waals surface area contributed by atoms with Crippen LogP contribution in [0.5, 0.6) is 5.75 Å². The van der Waals surface area contributed by atoms with Gasteiger partial charge < -0.3 is 10.5 Å². The number of nitrogens with two attached hydrogens (primary N) is 1. The molecule has 3 heteroatoms. The van der Waals surface area contributed by atoms with E-state index in [2.05, 4.69) is 12.6 Å². The summed E-state index contributed by atoms with van der Waals surface area (Å²) in [5, 5.41) is 9.08. The minimum absolute atomic E-state index is 0.0348. The van der Waals surface area contributed by atoms with Crippen LogP contribution in [0.15, 0.2) is 48.4 Å². The molecule has 2 N–H and O–H groups in total. The molecule has 1 aromatic carbocycles. The first kappa shape index (κ1) is 10.3. The Morgan fingerprint density at radius 2 is 2.25 bits per heavy atom. The largest absolute Gasteiger partial charge is 0.440 e. The molecule has 0 aromatic heterocycles. The number of ether oxygens (including phenoxy) is 1. The molecule has 1 aliphatic heterocycles. The van der Waals surface area contributed by atoms with Crippen LogP contribution in [0, 0.1) is 11.3 Å². The molecule has 0 saturated heterocycles. The minimum Gasteiger partial charge on any atom is -0.440 e. The number of allylic oxidation sites excluding steroid dienone is 2. The zero-order valence-electron chi connectivity index (χ0n) is 8.81. The van der Waals surface area contributed by atoms with Gasteiger partial charge in [0.1, 0.15) is 11.8 Å². The summed E-state index contributed by atoms with van der Waals surface area (Å²) >= 11 is 0. The van der Waals surface area contributed by atoms with Crippen molar-refractivity contribution < 1.29 is 4.74 Å². The van der Waals surface area contributed by atoms with Crippen molar-refractivity contribution in [3.8, 4) is 11.8 Å². The molecule has 0 fully saturated rings. The van der Waals surface area contributed by atoms with Crippen LogP contribution < -0.4 is 10.5 Å². The summed E-state index contributed by atoms with van der Waals surface area (Å²) in [6.07, 6.45) is 2.47. The van der Waals surface area contributed by atoms with Gasteiger partial charge in [-0.25, -0.2) is 0 Å². The van der Waals surface area contributed by atoms with Crippen molar-refractivity contribution in [3.05, 3.63) is 53.9 Å². The fraction of sp³-hybridized carbons (Fsp3) is 0.154. The van der Waals surface area contributed by atoms with E-state index in [0.29, 0.717) is 12.0 Å². The number of nitrogens with zero attached hydrogens (tertiary/aromatic N) is 1. The molecule has 0 saturated carbocycles. The monoisotopic (exact) mass is 212 g/mol. The third-order valence-electron chi connectivity index (χ3n) is 2.65. The van der Waals surface area contributed by atoms with Gasteiger partial charge in [0.15, 0.2) is 0 Å². The van der Waals surface area contributed by atoms with Crippen molar-refractivity contribution in [2.45, 2.75) is 12.3 Å². The van der Waals surface area contributed by atoms with Gasteiger partial charge in [0, 0.05) is 11.5 Å². The molecule has 1 aromatic rings. The van der Waals surface area contributed by atoms with Crippen LogP contribution >= 0.6 is 0 Å². The van der Waals surface area contributed by atoms with Gasteiger partial charge in [-0.3, -0.25) is 0 Å². The average molecular weight is 212 g/mol. The Bertz CT molecular complexity index is 497. The smallest absolute Gasteiger partial charge is 0.205 e. The van der Waals surface area contributed by atoms with Crippen molar-refractivity contribution in [3.63, 3.8) is 0 Å². The lowest BCUT2D eigenvalue weighted by molar-refractivity contribution is 0.388. The van der Waals surface area contributed by atoms with E-state index in [1.54, 1.807) is 6.08 Å². The molecular formula is C13H12N2O. The van der Waals surface area contributed by atoms with Crippen molar-refractivity contribution in [2.24, 2.45) is 5.73 Å². The first-order valence-electron chi connectivity index (χ1n) is 5.05. The van der Waals surface area contributed by atoms with Crippen LogP contribution in [0.25, 0.3) is 0 Å². The molecule has 3 nitrogen and oxygen atoms in total. The van der Waals surface area contributed by atoms with Crippen LogP contribution in [-0.2, 0) is 0 Å². The molecule has 0 aliphatic carbocycles. The van der Waals surface area contributed by atoms with Gasteiger partial charge in [-0.2, -0.15) is 5.26 Å². The summed E-state index contributed by atoms with van der Waals surface area (Å²) < 4.78 is 5.41. The fourth-order valence-corrected chi connectivity index (χ4v) is 1.91. The van der Waals surface area contributed by atoms with Gasteiger partial charge in [-0.05, 0) is 12.5 Å². The maximum atomic E-state index is 9.08. The van der Waals surface area contributed by atoms with Crippen LogP contribution in [0.2, 0.25) is 0 Å². The van der Waals surface area contributed by atoms with Crippen molar-refractivity contribution in [1.82, 2.24) is 0 Å². The van der Waals surface area contributed by atoms with Gasteiger partial charge in [0.05, 0.1) is 5.57 Å². The third kappa shape index (κ3) is 1.55. The molecule has 1 unspecified atom stereocenters. The van der Waals surface area contributed by atoms with Crippen molar-refractivity contribution >= 4 is 0 Å². The molecule has 0 bridgehead atoms. The molecule has 0 radical (unpaired) electrons. The molecule has 1 aliphatic rings. The Morgan fingerprint density at radius 3 is 2.94 bits per heavy atom. The summed E-state index contributed by atoms with van der Waals surface area (Å²) in [6, 6.07) is 9.73. The Labute approximate surface area is 94.4 Å². The Balaban J connectivity index is 2.53. The highest BCUT2D eigenvalue weighted by Crippen LogP contribution is 2.39. The van der Waals surface area contributed by atoms with E-state index in [1.165, 1.54) is 0 Å². The second-order valence-corrected chi connectivity index (χ2v) is 3.61. The lowest BCUT2D eigenvalue weighted by Gasteiger charge is -2.24. The summed E-state index contributed by atoms with van der Waals surface area (Å²) in [5.41, 5.74) is 7.20. The lowest BCUT2D eigenvalue weighted by Crippen LogP contribution is -2.19. The van der Waals surface area contributed by atoms with E-state index in [0.717, 1.165) is 11.3 Å². The third-order valence-corrected chi connectivity index (χ3v) is 2.65. The quantitative estimate of drug-likeness (QED) is 0.766. The summed E-state index contributed by atoms with van der Waals surface area (Å²) in [7, 11) is 0. The van der Waals surface area contributed by atoms with Crippen molar-refractivity contribution in [1.29, 1.82) is 5.26 Å². The average Bonchev–Trinajstić information content (AvgIpc) is 2.29. The molecule has 1 heterocycles. The number of nitriles is 1. The van der Waals surface area contributed by atoms with Crippen LogP contribution in [0.3, 0.4) is 0 Å². The molecule has 0 amide bonds. The van der Waals surface area contributed by atoms with E-state index in [1.807, 2.05) is 24.3 Å². The summed E-state index contributed by atoms with van der Waals surface area (Å²) in [6.45, 7) is 3.71. The van der Waals surface area contributed by atoms with Crippen LogP contribution in [0.1, 0.15) is 17.9 Å². The molecule has 1 atom stereocenters. The van der Waals surface area contributed by atoms with E-state index in [4.69, 9.17) is 15.7 Å². The minimum atomic E-state index is -0.0348. The van der Waals surface area contributed by atoms with Gasteiger partial charge >= 0.3 is 0 Å². The van der Waals surface area contributed by atoms with Crippen molar-refractivity contribution in [2.75, 3.05) is 0 Å². The zero-order chi connectivity index (χ0) is 11.5. The Kier molecular flexibility index (Phi) is 2.65. The van der Waals surface area contributed by atoms with Crippen LogP contribution in [0.4, 0.5) is 0 Å². The number of hydrogen-bond donors (Lipinski definition) is 1. The lowest BCUT2D eigenvalue weighted by atomic mass is 9.87. The number of rotatable bonds is 2. The van der Waals surface area contributed by atoms with Gasteiger partial charge in [-0.15, -0.1) is 6.58 Å². The molecule has 2 rings (SSSR count). The highest BCUT2D eigenvalue weighted by atomic mass is 16.5. The van der Waals surface area contributed by atoms with E-state index in [-0.39, 0.29) is 11.8 Å². The molecule has 16 heavy (non-hydrogen) atoms. The molecule has 0 spiro atoms. The Hall–Kier alpha value is -2.21. The SMILES string of the molecule is C=CCC1C(C#N)=C(N)Oc2ccccc21. The predicted molar refractivity (Wildman–Crippen MR) is 61.5 cm³/mol. The molecule has 80 valence electrons. The second kappa shape index (κ2) is 4.11. The second-order valence-electron chi connectivity index (χ2n) is 3.61. The Morgan fingerprint density at radius 1 is 1.50 bits per heavy atom. The van der Waals surface area contributed by atoms with E-state index >= 15 is 0 Å². The number of fused-ring (bicyclic) bond motifs is 1. The van der Waals surface area contributed by atoms with E-state index < -0.39 is 0 Å². The zero-order valence-corrected chi connectivity index (χ0v) is 8.81. The predicted octanol–water partition coefficient (Wildman–Crippen LogP) is 2.43. The normalized spacial score (nSPS) is 18.3. The van der Waals surface area contributed by atoms with Gasteiger partial charge in [-0.1, -0.05) is 24.3 Å². The maximum absolute atomic E-state index is 9.08. The highest BCUT2D eigenvalue weighted by Gasteiger charge is 2.27. The maximum Gasteiger partial charge on any atom is 0.205 e. The highest BCUT2D eigenvalue weighted by molar-refractivity contribution is 5.49. The van der Waals surface area contributed by atoms with E-state index in [9.17, 15) is 0 Å². The topological polar surface area (TPSA) is 59.0 Å². The van der Waals surface area contributed by atoms with Gasteiger partial charge in [0.25, 0.3) is 0 Å². The first-order chi connectivity index (χ1) is 7.77. The van der Waals surface area contributed by atoms with Crippen LogP contribution in [-0.4, -0.2) is 0 Å². The summed E-state index contributed by atoms with van der Waals surface area (Å²) in [5.74, 6) is 0.895. The number of para-hydroxylation sites is 1. The number of hydrogen-bond acceptors (Lipinski definition) is 3. The van der Waals surface area contributed by atoms with Gasteiger partial charge in [0.2, 0.25) is 5.88 Å². The first-order valence-corrected chi connectivity index (χ1v) is 5.05. The summed E-state index contributed by atoms with van der Waals surface area (Å²) in [4.78, 5) is 0. The number of benzene rings is 1. The standard InChI is InChI=1S/C13H12N2O/c1-2-5-9-10-6-3-4-7-12(10)16-13(15)11(9)8-14/h2-4,6-7,9H,1,5,15H2.